The van der Waals surface area contributed by atoms with E-state index in [1.54, 1.807) is 37.6 Å². The lowest BCUT2D eigenvalue weighted by molar-refractivity contribution is -0.155. The number of hydrogen-bond donors (Lipinski definition) is 2. The molecule has 2 heterocycles. The van der Waals surface area contributed by atoms with E-state index in [1.165, 1.54) is 43.4 Å². The van der Waals surface area contributed by atoms with Crippen LogP contribution >= 0.6 is 23.1 Å². The normalized spacial score (nSPS) is 17.9. The summed E-state index contributed by atoms with van der Waals surface area (Å²) in [5, 5.41) is 15.5. The smallest absolute Gasteiger partial charge is 0.410 e. The number of carbonyl (C=O) groups excluding carboxylic acids is 3. The second-order valence-electron chi connectivity index (χ2n) is 8.03. The van der Waals surface area contributed by atoms with E-state index >= 15 is 0 Å². The minimum atomic E-state index is -1.38. The van der Waals surface area contributed by atoms with Crippen LogP contribution in [0.2, 0.25) is 0 Å². The summed E-state index contributed by atoms with van der Waals surface area (Å²) >= 11 is 2.63. The Labute approximate surface area is 202 Å². The van der Waals surface area contributed by atoms with E-state index in [-0.39, 0.29) is 0 Å². The van der Waals surface area contributed by atoms with Crippen LogP contribution in [0.15, 0.2) is 22.9 Å². The number of hydrogen-bond acceptors (Lipinski definition) is 10. The van der Waals surface area contributed by atoms with Crippen LogP contribution in [0.5, 0.6) is 5.75 Å². The maximum Gasteiger partial charge on any atom is 0.410 e. The first-order chi connectivity index (χ1) is 15.5. The van der Waals surface area contributed by atoms with Gasteiger partial charge in [0.2, 0.25) is 0 Å². The third-order valence-corrected chi connectivity index (χ3v) is 5.86. The van der Waals surface area contributed by atoms with Crippen molar-refractivity contribution >= 4 is 41.1 Å². The Balaban J connectivity index is 0.000000451. The lowest BCUT2D eigenvalue weighted by atomic mass is 10.1. The van der Waals surface area contributed by atoms with Crippen molar-refractivity contribution in [2.45, 2.75) is 64.4 Å². The molecule has 1 aliphatic heterocycles. The molecule has 2 unspecified atom stereocenters. The van der Waals surface area contributed by atoms with Crippen LogP contribution in [0.3, 0.4) is 0 Å². The van der Waals surface area contributed by atoms with E-state index in [0.717, 1.165) is 12.8 Å². The first-order valence-corrected chi connectivity index (χ1v) is 12.3. The molecule has 11 heteroatoms. The van der Waals surface area contributed by atoms with Crippen LogP contribution in [0.4, 0.5) is 4.79 Å². The molecular formula is C22H33NO8S2. The van der Waals surface area contributed by atoms with Crippen molar-refractivity contribution in [1.82, 2.24) is 5.32 Å². The monoisotopic (exact) mass is 503 g/mol. The van der Waals surface area contributed by atoms with E-state index in [1.807, 2.05) is 0 Å². The fourth-order valence-electron chi connectivity index (χ4n) is 2.46. The maximum atomic E-state index is 11.9. The zero-order valence-corrected chi connectivity index (χ0v) is 21.5. The average molecular weight is 504 g/mol. The van der Waals surface area contributed by atoms with Gasteiger partial charge in [0, 0.05) is 12.2 Å². The van der Waals surface area contributed by atoms with E-state index in [9.17, 15) is 19.5 Å². The molecule has 0 radical (unpaired) electrons. The Morgan fingerprint density at radius 1 is 1.24 bits per heavy atom. The Bertz CT molecular complexity index is 818. The molecule has 1 aromatic rings. The van der Waals surface area contributed by atoms with Crippen molar-refractivity contribution < 1.29 is 38.4 Å². The number of alkyl carbamates (subject to hydrolysis) is 1. The predicted octanol–water partition coefficient (Wildman–Crippen LogP) is 4.11. The van der Waals surface area contributed by atoms with Gasteiger partial charge in [0.05, 0.1) is 14.2 Å². The van der Waals surface area contributed by atoms with E-state index in [2.05, 4.69) is 17.0 Å². The highest BCUT2D eigenvalue weighted by atomic mass is 32.2. The molecule has 2 atom stereocenters. The standard InChI is InChI=1S/C16H25NO5S.C6H8O3S/c1-6-7-8-12(17-15(19)22-16(2,3)4)21-11-9-10-23-13(11)14(18)20-5;1-9-5(7)6(8)2-3-10-4-6/h9-10,12H,6-8H2,1-5H3,(H,17,19);2-3,8H,4H2,1H3. The lowest BCUT2D eigenvalue weighted by Crippen LogP contribution is -2.42. The molecule has 2 N–H and O–H groups in total. The van der Waals surface area contributed by atoms with Gasteiger partial charge in [-0.3, -0.25) is 5.32 Å². The maximum absolute atomic E-state index is 11.9. The van der Waals surface area contributed by atoms with Gasteiger partial charge < -0.3 is 24.1 Å². The van der Waals surface area contributed by atoms with Gasteiger partial charge in [-0.2, -0.15) is 0 Å². The number of aliphatic hydroxyl groups is 1. The molecule has 1 aromatic heterocycles. The lowest BCUT2D eigenvalue weighted by Gasteiger charge is -2.24. The first kappa shape index (κ1) is 28.8. The zero-order chi connectivity index (χ0) is 25.1. The third-order valence-electron chi connectivity index (χ3n) is 4.05. The predicted molar refractivity (Wildman–Crippen MR) is 128 cm³/mol. The highest BCUT2D eigenvalue weighted by molar-refractivity contribution is 8.02. The molecule has 186 valence electrons. The van der Waals surface area contributed by atoms with Gasteiger partial charge in [-0.1, -0.05) is 13.3 Å². The second-order valence-corrected chi connectivity index (χ2v) is 9.84. The summed E-state index contributed by atoms with van der Waals surface area (Å²) < 4.78 is 20.1. The summed E-state index contributed by atoms with van der Waals surface area (Å²) in [5.41, 5.74) is -1.96. The van der Waals surface area contributed by atoms with Gasteiger partial charge in [-0.05, 0) is 50.1 Å². The molecule has 2 rings (SSSR count). The molecule has 1 aliphatic rings. The molecule has 0 fully saturated rings. The van der Waals surface area contributed by atoms with Crippen LogP contribution < -0.4 is 10.1 Å². The summed E-state index contributed by atoms with van der Waals surface area (Å²) in [6, 6.07) is 1.69. The minimum Gasteiger partial charge on any atom is -0.469 e. The Hall–Kier alpha value is -2.24. The molecule has 0 aliphatic carbocycles. The summed E-state index contributed by atoms with van der Waals surface area (Å²) in [4.78, 5) is 34.8. The van der Waals surface area contributed by atoms with E-state index in [4.69, 9.17) is 14.2 Å². The minimum absolute atomic E-state index is 0.361. The number of thioether (sulfide) groups is 1. The van der Waals surface area contributed by atoms with Crippen molar-refractivity contribution in [3.8, 4) is 5.75 Å². The zero-order valence-electron chi connectivity index (χ0n) is 19.8. The fraction of sp³-hybridized carbons (Fsp3) is 0.591. The fourth-order valence-corrected chi connectivity index (χ4v) is 4.09. The molecule has 33 heavy (non-hydrogen) atoms. The highest BCUT2D eigenvalue weighted by Gasteiger charge is 2.36. The molecule has 0 bridgehead atoms. The SMILES string of the molecule is CCCCC(NC(=O)OC(C)(C)C)Oc1ccsc1C(=O)OC.COC(=O)C1(O)C=CSC1. The van der Waals surface area contributed by atoms with Crippen LogP contribution in [0, 0.1) is 0 Å². The molecule has 9 nitrogen and oxygen atoms in total. The number of thiophene rings is 1. The summed E-state index contributed by atoms with van der Waals surface area (Å²) in [6.07, 6.45) is 2.79. The van der Waals surface area contributed by atoms with Crippen molar-refractivity contribution in [2.24, 2.45) is 0 Å². The van der Waals surface area contributed by atoms with Gasteiger partial charge >= 0.3 is 18.0 Å². The van der Waals surface area contributed by atoms with Gasteiger partial charge in [0.15, 0.2) is 16.7 Å². The number of rotatable bonds is 8. The van der Waals surface area contributed by atoms with Crippen LogP contribution in [0.1, 0.15) is 56.6 Å². The molecule has 0 aromatic carbocycles. The number of nitrogens with one attached hydrogen (secondary N) is 1. The third kappa shape index (κ3) is 10.1. The number of methoxy groups -OCH3 is 2. The molecule has 0 saturated heterocycles. The van der Waals surface area contributed by atoms with Gasteiger partial charge in [0.1, 0.15) is 11.4 Å². The second kappa shape index (κ2) is 13.5. The molecule has 0 saturated carbocycles. The van der Waals surface area contributed by atoms with Crippen molar-refractivity contribution in [3.05, 3.63) is 27.8 Å². The van der Waals surface area contributed by atoms with Crippen molar-refractivity contribution in [2.75, 3.05) is 20.0 Å². The van der Waals surface area contributed by atoms with Gasteiger partial charge in [0.25, 0.3) is 0 Å². The largest absolute Gasteiger partial charge is 0.469 e. The number of esters is 2. The Morgan fingerprint density at radius 2 is 1.94 bits per heavy atom. The summed E-state index contributed by atoms with van der Waals surface area (Å²) in [5.74, 6) is -0.283. The summed E-state index contributed by atoms with van der Waals surface area (Å²) in [7, 11) is 2.58. The van der Waals surface area contributed by atoms with Crippen molar-refractivity contribution in [1.29, 1.82) is 0 Å². The quantitative estimate of drug-likeness (QED) is 0.307. The van der Waals surface area contributed by atoms with E-state index in [0.29, 0.717) is 22.8 Å². The Kier molecular flexibility index (Phi) is 11.7. The molecule has 1 amide bonds. The van der Waals surface area contributed by atoms with E-state index < -0.39 is 35.5 Å². The number of ether oxygens (including phenoxy) is 4. The molecule has 0 spiro atoms. The van der Waals surface area contributed by atoms with Crippen molar-refractivity contribution in [3.63, 3.8) is 0 Å². The highest BCUT2D eigenvalue weighted by Crippen LogP contribution is 2.27. The van der Waals surface area contributed by atoms with Gasteiger partial charge in [-0.15, -0.1) is 23.1 Å². The number of carbonyl (C=O) groups is 3. The van der Waals surface area contributed by atoms with Crippen LogP contribution in [-0.2, 0) is 19.0 Å². The number of amides is 1. The first-order valence-electron chi connectivity index (χ1n) is 10.4. The summed E-state index contributed by atoms with van der Waals surface area (Å²) in [6.45, 7) is 7.43. The number of unbranched alkanes of at least 4 members (excludes halogenated alkanes) is 1. The average Bonchev–Trinajstić information content (AvgIpc) is 3.39. The molecular weight excluding hydrogens is 470 g/mol. The topological polar surface area (TPSA) is 120 Å². The van der Waals surface area contributed by atoms with Crippen LogP contribution in [0.25, 0.3) is 0 Å². The van der Waals surface area contributed by atoms with Crippen LogP contribution in [-0.4, -0.2) is 60.5 Å². The Morgan fingerprint density at radius 3 is 2.45 bits per heavy atom. The van der Waals surface area contributed by atoms with Gasteiger partial charge in [-0.25, -0.2) is 14.4 Å².